The molecule has 0 saturated carbocycles. The number of anilines is 1. The number of rotatable bonds is 7. The number of benzene rings is 2. The summed E-state index contributed by atoms with van der Waals surface area (Å²) in [6.45, 7) is 4.76. The molecule has 0 aliphatic carbocycles. The summed E-state index contributed by atoms with van der Waals surface area (Å²) in [5, 5.41) is 4.09. The molecule has 1 aromatic heterocycles. The van der Waals surface area contributed by atoms with Crippen LogP contribution in [0.2, 0.25) is 0 Å². The van der Waals surface area contributed by atoms with Crippen LogP contribution in [-0.2, 0) is 11.3 Å². The fourth-order valence-electron chi connectivity index (χ4n) is 3.83. The van der Waals surface area contributed by atoms with Crippen LogP contribution in [0.15, 0.2) is 40.9 Å². The summed E-state index contributed by atoms with van der Waals surface area (Å²) in [4.78, 5) is 19.8. The third-order valence-corrected chi connectivity index (χ3v) is 7.06. The van der Waals surface area contributed by atoms with Crippen molar-refractivity contribution in [3.05, 3.63) is 46.4 Å². The van der Waals surface area contributed by atoms with Gasteiger partial charge in [-0.15, -0.1) is 0 Å². The Morgan fingerprint density at radius 3 is 2.81 bits per heavy atom. The predicted molar refractivity (Wildman–Crippen MR) is 128 cm³/mol. The van der Waals surface area contributed by atoms with E-state index in [0.29, 0.717) is 13.2 Å². The van der Waals surface area contributed by atoms with Crippen LogP contribution < -0.4 is 19.7 Å². The number of piperidine rings is 1. The second-order valence-electron chi connectivity index (χ2n) is 7.49. The molecule has 4 rings (SSSR count). The third kappa shape index (κ3) is 5.13. The van der Waals surface area contributed by atoms with E-state index < -0.39 is 0 Å². The molecular formula is C23H26BrN3O3S. The van der Waals surface area contributed by atoms with Crippen LogP contribution in [0.5, 0.6) is 11.5 Å². The van der Waals surface area contributed by atoms with Crippen molar-refractivity contribution in [1.82, 2.24) is 10.3 Å². The Hall–Kier alpha value is -2.32. The molecule has 1 aliphatic heterocycles. The number of nitrogens with one attached hydrogen (secondary N) is 1. The second-order valence-corrected chi connectivity index (χ2v) is 9.42. The van der Waals surface area contributed by atoms with Crippen LogP contribution in [0.25, 0.3) is 10.2 Å². The van der Waals surface area contributed by atoms with Gasteiger partial charge in [0.05, 0.1) is 23.9 Å². The number of halogens is 1. The first-order chi connectivity index (χ1) is 15.1. The lowest BCUT2D eigenvalue weighted by Crippen LogP contribution is -2.40. The molecule has 0 bridgehead atoms. The van der Waals surface area contributed by atoms with Crippen LogP contribution in [0.3, 0.4) is 0 Å². The molecule has 0 unspecified atom stereocenters. The molecule has 2 aromatic carbocycles. The van der Waals surface area contributed by atoms with Crippen LogP contribution in [0, 0.1) is 5.92 Å². The largest absolute Gasteiger partial charge is 0.496 e. The number of carbonyl (C=O) groups is 1. The van der Waals surface area contributed by atoms with Crippen molar-refractivity contribution in [1.29, 1.82) is 0 Å². The van der Waals surface area contributed by atoms with Crippen molar-refractivity contribution in [3.63, 3.8) is 0 Å². The van der Waals surface area contributed by atoms with E-state index in [1.807, 2.05) is 37.3 Å². The van der Waals surface area contributed by atoms with E-state index in [4.69, 9.17) is 14.5 Å². The lowest BCUT2D eigenvalue weighted by atomic mass is 9.96. The number of hydrogen-bond acceptors (Lipinski definition) is 6. The summed E-state index contributed by atoms with van der Waals surface area (Å²) in [6.07, 6.45) is 1.64. The zero-order chi connectivity index (χ0) is 21.8. The van der Waals surface area contributed by atoms with Crippen LogP contribution in [0.1, 0.15) is 25.3 Å². The zero-order valence-corrected chi connectivity index (χ0v) is 20.1. The Kier molecular flexibility index (Phi) is 6.97. The fraction of sp³-hybridized carbons (Fsp3) is 0.391. The minimum atomic E-state index is 0.0216. The first-order valence-corrected chi connectivity index (χ1v) is 12.1. The first kappa shape index (κ1) is 21.9. The number of fused-ring (bicyclic) bond motifs is 1. The molecule has 164 valence electrons. The van der Waals surface area contributed by atoms with Gasteiger partial charge in [-0.25, -0.2) is 4.98 Å². The minimum Gasteiger partial charge on any atom is -0.496 e. The Morgan fingerprint density at radius 1 is 1.26 bits per heavy atom. The highest BCUT2D eigenvalue weighted by atomic mass is 79.9. The highest BCUT2D eigenvalue weighted by molar-refractivity contribution is 9.10. The minimum absolute atomic E-state index is 0.0216. The van der Waals surface area contributed by atoms with Crippen molar-refractivity contribution in [2.75, 3.05) is 31.7 Å². The number of carbonyl (C=O) groups excluding carboxylic acids is 1. The van der Waals surface area contributed by atoms with E-state index in [1.165, 1.54) is 0 Å². The monoisotopic (exact) mass is 503 g/mol. The molecule has 1 N–H and O–H groups in total. The van der Waals surface area contributed by atoms with Crippen LogP contribution in [0.4, 0.5) is 5.13 Å². The van der Waals surface area contributed by atoms with E-state index in [9.17, 15) is 4.79 Å². The zero-order valence-electron chi connectivity index (χ0n) is 17.7. The molecular weight excluding hydrogens is 478 g/mol. The highest BCUT2D eigenvalue weighted by Crippen LogP contribution is 2.33. The Bertz CT molecular complexity index is 1060. The Labute approximate surface area is 194 Å². The quantitative estimate of drug-likeness (QED) is 0.491. The third-order valence-electron chi connectivity index (χ3n) is 5.49. The van der Waals surface area contributed by atoms with Gasteiger partial charge in [0.25, 0.3) is 0 Å². The van der Waals surface area contributed by atoms with Crippen molar-refractivity contribution in [3.8, 4) is 11.5 Å². The maximum atomic E-state index is 12.7. The molecule has 1 amide bonds. The number of thiazole rings is 1. The standard InChI is InChI=1S/C23H26BrN3O3S/c1-3-30-18-5-6-19-21(13-18)31-23(26-19)27-10-8-15(9-11-27)22(28)25-14-16-12-17(24)4-7-20(16)29-2/h4-7,12-13,15H,3,8-11,14H2,1-2H3,(H,25,28). The number of methoxy groups -OCH3 is 1. The molecule has 1 saturated heterocycles. The molecule has 1 fully saturated rings. The van der Waals surface area contributed by atoms with Gasteiger partial charge >= 0.3 is 0 Å². The normalized spacial score (nSPS) is 14.6. The van der Waals surface area contributed by atoms with Gasteiger partial charge < -0.3 is 19.7 Å². The average Bonchev–Trinajstić information content (AvgIpc) is 3.21. The van der Waals surface area contributed by atoms with Crippen LogP contribution in [-0.4, -0.2) is 37.7 Å². The van der Waals surface area contributed by atoms with E-state index in [2.05, 4.69) is 32.2 Å². The first-order valence-electron chi connectivity index (χ1n) is 10.5. The summed E-state index contributed by atoms with van der Waals surface area (Å²) in [5.41, 5.74) is 1.95. The summed E-state index contributed by atoms with van der Waals surface area (Å²) >= 11 is 5.16. The van der Waals surface area contributed by atoms with Crippen molar-refractivity contribution >= 4 is 48.5 Å². The van der Waals surface area contributed by atoms with Gasteiger partial charge in [0.2, 0.25) is 5.91 Å². The van der Waals surface area contributed by atoms with Gasteiger partial charge in [-0.3, -0.25) is 4.79 Å². The fourth-order valence-corrected chi connectivity index (χ4v) is 5.28. The second kappa shape index (κ2) is 9.87. The lowest BCUT2D eigenvalue weighted by Gasteiger charge is -2.31. The van der Waals surface area contributed by atoms with Crippen molar-refractivity contribution in [2.24, 2.45) is 5.92 Å². The molecule has 0 spiro atoms. The maximum absolute atomic E-state index is 12.7. The number of aromatic nitrogens is 1. The van der Waals surface area contributed by atoms with E-state index in [0.717, 1.165) is 62.8 Å². The lowest BCUT2D eigenvalue weighted by molar-refractivity contribution is -0.125. The molecule has 6 nitrogen and oxygen atoms in total. The van der Waals surface area contributed by atoms with E-state index in [1.54, 1.807) is 18.4 Å². The molecule has 0 radical (unpaired) electrons. The topological polar surface area (TPSA) is 63.7 Å². The molecule has 3 aromatic rings. The van der Waals surface area contributed by atoms with Crippen molar-refractivity contribution in [2.45, 2.75) is 26.3 Å². The molecule has 1 aliphatic rings. The summed E-state index contributed by atoms with van der Waals surface area (Å²) in [5.74, 6) is 1.78. The van der Waals surface area contributed by atoms with Gasteiger partial charge in [-0.2, -0.15) is 0 Å². The average molecular weight is 504 g/mol. The highest BCUT2D eigenvalue weighted by Gasteiger charge is 2.26. The number of ether oxygens (including phenoxy) is 2. The van der Waals surface area contributed by atoms with Gasteiger partial charge in [-0.1, -0.05) is 27.3 Å². The smallest absolute Gasteiger partial charge is 0.223 e. The SMILES string of the molecule is CCOc1ccc2nc(N3CCC(C(=O)NCc4cc(Br)ccc4OC)CC3)sc2c1. The predicted octanol–water partition coefficient (Wildman–Crippen LogP) is 5.00. The van der Waals surface area contributed by atoms with Crippen molar-refractivity contribution < 1.29 is 14.3 Å². The van der Waals surface area contributed by atoms with Gasteiger partial charge in [0, 0.05) is 35.6 Å². The van der Waals surface area contributed by atoms with Gasteiger partial charge in [-0.05, 0) is 56.2 Å². The summed E-state index contributed by atoms with van der Waals surface area (Å²) < 4.78 is 13.1. The van der Waals surface area contributed by atoms with E-state index in [-0.39, 0.29) is 11.8 Å². The Morgan fingerprint density at radius 2 is 2.06 bits per heavy atom. The van der Waals surface area contributed by atoms with Crippen LogP contribution >= 0.6 is 27.3 Å². The summed E-state index contributed by atoms with van der Waals surface area (Å²) in [6, 6.07) is 11.8. The molecule has 31 heavy (non-hydrogen) atoms. The van der Waals surface area contributed by atoms with Gasteiger partial charge in [0.15, 0.2) is 5.13 Å². The molecule has 0 atom stereocenters. The summed E-state index contributed by atoms with van der Waals surface area (Å²) in [7, 11) is 1.64. The van der Waals surface area contributed by atoms with Gasteiger partial charge in [0.1, 0.15) is 11.5 Å². The van der Waals surface area contributed by atoms with E-state index >= 15 is 0 Å². The molecule has 8 heteroatoms. The molecule has 2 heterocycles. The Balaban J connectivity index is 1.33. The maximum Gasteiger partial charge on any atom is 0.223 e. The number of hydrogen-bond donors (Lipinski definition) is 1. The number of amides is 1. The number of nitrogens with zero attached hydrogens (tertiary/aromatic N) is 2.